The predicted octanol–water partition coefficient (Wildman–Crippen LogP) is 1.93. The van der Waals surface area contributed by atoms with Gasteiger partial charge in [-0.05, 0) is 32.0 Å². The summed E-state index contributed by atoms with van der Waals surface area (Å²) in [4.78, 5) is 12.5. The van der Waals surface area contributed by atoms with Gasteiger partial charge in [0.25, 0.3) is 0 Å². The van der Waals surface area contributed by atoms with Crippen LogP contribution in [0.4, 0.5) is 5.95 Å². The zero-order valence-corrected chi connectivity index (χ0v) is 9.75. The summed E-state index contributed by atoms with van der Waals surface area (Å²) in [7, 11) is 0. The van der Waals surface area contributed by atoms with E-state index in [-0.39, 0.29) is 0 Å². The number of hydrogen-bond donors (Lipinski definition) is 1. The summed E-state index contributed by atoms with van der Waals surface area (Å²) in [5.41, 5.74) is 5.38. The smallest absolute Gasteiger partial charge is 0.243 e. The number of pyridine rings is 1. The fraction of sp³-hybridized carbons (Fsp3) is 0.167. The summed E-state index contributed by atoms with van der Waals surface area (Å²) in [6.07, 6.45) is 3.34. The van der Waals surface area contributed by atoms with Gasteiger partial charge < -0.3 is 0 Å². The third-order valence-electron chi connectivity index (χ3n) is 2.03. The summed E-state index contributed by atoms with van der Waals surface area (Å²) in [5.74, 6) is 0.495. The minimum Gasteiger partial charge on any atom is -0.255 e. The Balaban J connectivity index is 2.05. The van der Waals surface area contributed by atoms with Crippen LogP contribution in [-0.4, -0.2) is 21.2 Å². The van der Waals surface area contributed by atoms with Crippen LogP contribution in [0.15, 0.2) is 35.6 Å². The molecule has 0 saturated carbocycles. The molecule has 0 aliphatic carbocycles. The lowest BCUT2D eigenvalue weighted by Gasteiger charge is -2.01. The highest BCUT2D eigenvalue weighted by molar-refractivity contribution is 5.77. The molecule has 0 bridgehead atoms. The maximum atomic E-state index is 4.21. The molecule has 5 heteroatoms. The standard InChI is InChI=1S/C12H13N5/c1-9-7-10(2)16-12(15-9)17-14-8-11-5-3-4-6-13-11/h3-8H,1-2H3,(H,15,16,17)/b14-8+. The van der Waals surface area contributed by atoms with E-state index < -0.39 is 0 Å². The fourth-order valence-electron chi connectivity index (χ4n) is 1.38. The molecule has 0 radical (unpaired) electrons. The monoisotopic (exact) mass is 227 g/mol. The van der Waals surface area contributed by atoms with Gasteiger partial charge in [-0.1, -0.05) is 6.07 Å². The molecule has 0 saturated heterocycles. The fourth-order valence-corrected chi connectivity index (χ4v) is 1.38. The SMILES string of the molecule is Cc1cc(C)nc(N/N=C/c2ccccn2)n1. The van der Waals surface area contributed by atoms with E-state index in [0.717, 1.165) is 17.1 Å². The average molecular weight is 227 g/mol. The lowest BCUT2D eigenvalue weighted by atomic mass is 10.4. The molecule has 2 heterocycles. The van der Waals surface area contributed by atoms with E-state index in [2.05, 4.69) is 25.5 Å². The molecule has 0 spiro atoms. The van der Waals surface area contributed by atoms with Gasteiger partial charge in [0.05, 0.1) is 11.9 Å². The van der Waals surface area contributed by atoms with Gasteiger partial charge in [-0.15, -0.1) is 0 Å². The van der Waals surface area contributed by atoms with Crippen molar-refractivity contribution in [3.63, 3.8) is 0 Å². The highest BCUT2D eigenvalue weighted by Crippen LogP contribution is 2.03. The van der Waals surface area contributed by atoms with Gasteiger partial charge in [0.15, 0.2) is 0 Å². The van der Waals surface area contributed by atoms with Gasteiger partial charge in [-0.3, -0.25) is 4.98 Å². The second-order valence-corrected chi connectivity index (χ2v) is 3.60. The molecule has 1 N–H and O–H groups in total. The Morgan fingerprint density at radius 1 is 1.18 bits per heavy atom. The number of hydrogen-bond acceptors (Lipinski definition) is 5. The Morgan fingerprint density at radius 2 is 1.94 bits per heavy atom. The van der Waals surface area contributed by atoms with Gasteiger partial charge in [-0.2, -0.15) is 5.10 Å². The Morgan fingerprint density at radius 3 is 2.59 bits per heavy atom. The van der Waals surface area contributed by atoms with Crippen LogP contribution in [0.25, 0.3) is 0 Å². The van der Waals surface area contributed by atoms with E-state index in [0.29, 0.717) is 5.95 Å². The quantitative estimate of drug-likeness (QED) is 0.643. The van der Waals surface area contributed by atoms with Crippen LogP contribution in [0.3, 0.4) is 0 Å². The molecule has 0 fully saturated rings. The van der Waals surface area contributed by atoms with Crippen LogP contribution in [0.2, 0.25) is 0 Å². The van der Waals surface area contributed by atoms with Crippen LogP contribution < -0.4 is 5.43 Å². The van der Waals surface area contributed by atoms with Gasteiger partial charge >= 0.3 is 0 Å². The Kier molecular flexibility index (Phi) is 3.40. The average Bonchev–Trinajstić information content (AvgIpc) is 2.29. The van der Waals surface area contributed by atoms with E-state index >= 15 is 0 Å². The van der Waals surface area contributed by atoms with E-state index in [4.69, 9.17) is 0 Å². The first-order chi connectivity index (χ1) is 8.24. The van der Waals surface area contributed by atoms with Crippen molar-refractivity contribution < 1.29 is 0 Å². The van der Waals surface area contributed by atoms with E-state index in [9.17, 15) is 0 Å². The van der Waals surface area contributed by atoms with Crippen molar-refractivity contribution in [1.29, 1.82) is 0 Å². The van der Waals surface area contributed by atoms with Crippen molar-refractivity contribution in [2.75, 3.05) is 5.43 Å². The number of hydrazone groups is 1. The van der Waals surface area contributed by atoms with Crippen LogP contribution in [0.5, 0.6) is 0 Å². The first-order valence-corrected chi connectivity index (χ1v) is 5.26. The first-order valence-electron chi connectivity index (χ1n) is 5.26. The maximum absolute atomic E-state index is 4.21. The minimum atomic E-state index is 0.495. The van der Waals surface area contributed by atoms with Crippen molar-refractivity contribution in [3.8, 4) is 0 Å². The molecule has 0 aliphatic rings. The summed E-state index contributed by atoms with van der Waals surface area (Å²) in [6.45, 7) is 3.84. The molecular formula is C12H13N5. The van der Waals surface area contributed by atoms with E-state index in [1.54, 1.807) is 12.4 Å². The lowest BCUT2D eigenvalue weighted by molar-refractivity contribution is 1.03. The molecule has 5 nitrogen and oxygen atoms in total. The number of nitrogens with one attached hydrogen (secondary N) is 1. The summed E-state index contributed by atoms with van der Waals surface area (Å²) >= 11 is 0. The third-order valence-corrected chi connectivity index (χ3v) is 2.03. The van der Waals surface area contributed by atoms with E-state index in [1.165, 1.54) is 0 Å². The summed E-state index contributed by atoms with van der Waals surface area (Å²) in [5, 5.41) is 4.03. The van der Waals surface area contributed by atoms with Crippen LogP contribution >= 0.6 is 0 Å². The molecule has 0 aliphatic heterocycles. The predicted molar refractivity (Wildman–Crippen MR) is 67.0 cm³/mol. The normalized spacial score (nSPS) is 10.7. The zero-order valence-electron chi connectivity index (χ0n) is 9.75. The molecule has 2 rings (SSSR count). The molecule has 0 aromatic carbocycles. The number of aromatic nitrogens is 3. The largest absolute Gasteiger partial charge is 0.255 e. The van der Waals surface area contributed by atoms with E-state index in [1.807, 2.05) is 38.1 Å². The highest BCUT2D eigenvalue weighted by atomic mass is 15.3. The number of rotatable bonds is 3. The second-order valence-electron chi connectivity index (χ2n) is 3.60. The Labute approximate surface area is 99.7 Å². The topological polar surface area (TPSA) is 63.1 Å². The van der Waals surface area contributed by atoms with Gasteiger partial charge in [0.2, 0.25) is 5.95 Å². The first kappa shape index (κ1) is 11.2. The molecule has 17 heavy (non-hydrogen) atoms. The molecule has 0 unspecified atom stereocenters. The van der Waals surface area contributed by atoms with Crippen LogP contribution in [-0.2, 0) is 0 Å². The molecule has 0 atom stereocenters. The Bertz CT molecular complexity index is 501. The third kappa shape index (κ3) is 3.34. The maximum Gasteiger partial charge on any atom is 0.243 e. The van der Waals surface area contributed by atoms with Crippen molar-refractivity contribution in [1.82, 2.24) is 15.0 Å². The number of nitrogens with zero attached hydrogens (tertiary/aromatic N) is 4. The van der Waals surface area contributed by atoms with Crippen LogP contribution in [0, 0.1) is 13.8 Å². The van der Waals surface area contributed by atoms with Crippen LogP contribution in [0.1, 0.15) is 17.1 Å². The van der Waals surface area contributed by atoms with Gasteiger partial charge in [0, 0.05) is 17.6 Å². The molecule has 0 amide bonds. The van der Waals surface area contributed by atoms with Gasteiger partial charge in [-0.25, -0.2) is 15.4 Å². The summed E-state index contributed by atoms with van der Waals surface area (Å²) < 4.78 is 0. The van der Waals surface area contributed by atoms with Crippen molar-refractivity contribution in [2.45, 2.75) is 13.8 Å². The summed E-state index contributed by atoms with van der Waals surface area (Å²) in [6, 6.07) is 7.54. The molecule has 86 valence electrons. The number of anilines is 1. The Hall–Kier alpha value is -2.30. The van der Waals surface area contributed by atoms with Crippen molar-refractivity contribution in [2.24, 2.45) is 5.10 Å². The van der Waals surface area contributed by atoms with Crippen molar-refractivity contribution >= 4 is 12.2 Å². The molecule has 2 aromatic rings. The van der Waals surface area contributed by atoms with Gasteiger partial charge in [0.1, 0.15) is 0 Å². The minimum absolute atomic E-state index is 0.495. The van der Waals surface area contributed by atoms with Crippen molar-refractivity contribution in [3.05, 3.63) is 47.5 Å². The number of aryl methyl sites for hydroxylation is 2. The highest BCUT2D eigenvalue weighted by Gasteiger charge is 1.96. The molecular weight excluding hydrogens is 214 g/mol. The second kappa shape index (κ2) is 5.16. The molecule has 2 aromatic heterocycles. The lowest BCUT2D eigenvalue weighted by Crippen LogP contribution is -2.00. The zero-order chi connectivity index (χ0) is 12.1.